The predicted octanol–water partition coefficient (Wildman–Crippen LogP) is 1.84. The average Bonchev–Trinajstić information content (AvgIpc) is 2.36. The maximum atomic E-state index is 11.2. The van der Waals surface area contributed by atoms with Crippen LogP contribution in [-0.2, 0) is 11.3 Å². The fraction of sp³-hybridized carbons (Fsp3) is 0.533. The number of benzene rings is 1. The minimum atomic E-state index is -0.709. The standard InChI is InChI=1S/C15H24N2O3/c1-10(14(16)18)20-13-11(9-17-15(2,3)4)7-6-8-12(13)19-5/h6-8,10,17H,9H2,1-5H3,(H2,16,18). The van der Waals surface area contributed by atoms with Gasteiger partial charge in [0.15, 0.2) is 17.6 Å². The Bertz CT molecular complexity index is 467. The van der Waals surface area contributed by atoms with Crippen LogP contribution >= 0.6 is 0 Å². The Hall–Kier alpha value is -1.75. The summed E-state index contributed by atoms with van der Waals surface area (Å²) in [6.45, 7) is 8.48. The van der Waals surface area contributed by atoms with Crippen molar-refractivity contribution in [2.45, 2.75) is 45.9 Å². The molecule has 5 heteroatoms. The van der Waals surface area contributed by atoms with Crippen LogP contribution in [0.15, 0.2) is 18.2 Å². The summed E-state index contributed by atoms with van der Waals surface area (Å²) in [5, 5.41) is 3.38. The number of rotatable bonds is 6. The molecule has 0 heterocycles. The Labute approximate surface area is 120 Å². The molecular weight excluding hydrogens is 256 g/mol. The highest BCUT2D eigenvalue weighted by Gasteiger charge is 2.18. The number of nitrogens with two attached hydrogens (primary N) is 1. The van der Waals surface area contributed by atoms with Crippen molar-refractivity contribution in [1.29, 1.82) is 0 Å². The van der Waals surface area contributed by atoms with Crippen LogP contribution in [-0.4, -0.2) is 24.7 Å². The Balaban J connectivity index is 3.01. The minimum absolute atomic E-state index is 0.0182. The van der Waals surface area contributed by atoms with E-state index in [9.17, 15) is 4.79 Å². The zero-order valence-electron chi connectivity index (χ0n) is 12.8. The van der Waals surface area contributed by atoms with Crippen LogP contribution in [0.4, 0.5) is 0 Å². The Morgan fingerprint density at radius 2 is 2.05 bits per heavy atom. The van der Waals surface area contributed by atoms with Gasteiger partial charge in [-0.3, -0.25) is 4.79 Å². The van der Waals surface area contributed by atoms with Crippen molar-refractivity contribution in [3.63, 3.8) is 0 Å². The van der Waals surface area contributed by atoms with Gasteiger partial charge in [0.2, 0.25) is 0 Å². The molecule has 0 aromatic heterocycles. The largest absolute Gasteiger partial charge is 0.493 e. The summed E-state index contributed by atoms with van der Waals surface area (Å²) in [5.41, 5.74) is 6.15. The van der Waals surface area contributed by atoms with Gasteiger partial charge >= 0.3 is 0 Å². The predicted molar refractivity (Wildman–Crippen MR) is 78.9 cm³/mol. The molecule has 1 rings (SSSR count). The molecule has 5 nitrogen and oxygen atoms in total. The van der Waals surface area contributed by atoms with Gasteiger partial charge in [0.1, 0.15) is 0 Å². The van der Waals surface area contributed by atoms with Crippen molar-refractivity contribution in [3.8, 4) is 11.5 Å². The molecule has 0 radical (unpaired) electrons. The zero-order chi connectivity index (χ0) is 15.3. The number of primary amides is 1. The van der Waals surface area contributed by atoms with Gasteiger partial charge in [-0.05, 0) is 33.8 Å². The monoisotopic (exact) mass is 280 g/mol. The summed E-state index contributed by atoms with van der Waals surface area (Å²) in [6, 6.07) is 5.62. The molecule has 1 unspecified atom stereocenters. The molecule has 1 aromatic rings. The molecule has 112 valence electrons. The lowest BCUT2D eigenvalue weighted by Gasteiger charge is -2.23. The normalized spacial score (nSPS) is 12.8. The molecular formula is C15H24N2O3. The SMILES string of the molecule is COc1cccc(CNC(C)(C)C)c1OC(C)C(N)=O. The molecule has 0 aliphatic heterocycles. The van der Waals surface area contributed by atoms with Crippen LogP contribution in [0.3, 0.4) is 0 Å². The fourth-order valence-electron chi connectivity index (χ4n) is 1.59. The number of nitrogens with one attached hydrogen (secondary N) is 1. The number of para-hydroxylation sites is 1. The highest BCUT2D eigenvalue weighted by Crippen LogP contribution is 2.32. The van der Waals surface area contributed by atoms with Crippen molar-refractivity contribution < 1.29 is 14.3 Å². The summed E-state index contributed by atoms with van der Waals surface area (Å²) in [7, 11) is 1.57. The molecule has 1 atom stereocenters. The lowest BCUT2D eigenvalue weighted by molar-refractivity contribution is -0.124. The first kappa shape index (κ1) is 16.3. The molecule has 3 N–H and O–H groups in total. The highest BCUT2D eigenvalue weighted by molar-refractivity contribution is 5.78. The van der Waals surface area contributed by atoms with Crippen LogP contribution in [0.25, 0.3) is 0 Å². The molecule has 1 aromatic carbocycles. The molecule has 20 heavy (non-hydrogen) atoms. The third-order valence-corrected chi connectivity index (χ3v) is 2.78. The first-order chi connectivity index (χ1) is 9.24. The van der Waals surface area contributed by atoms with E-state index < -0.39 is 12.0 Å². The number of amides is 1. The zero-order valence-corrected chi connectivity index (χ0v) is 12.8. The van der Waals surface area contributed by atoms with E-state index in [1.807, 2.05) is 12.1 Å². The summed E-state index contributed by atoms with van der Waals surface area (Å²) in [4.78, 5) is 11.2. The molecule has 0 fully saturated rings. The van der Waals surface area contributed by atoms with Crippen molar-refractivity contribution in [1.82, 2.24) is 5.32 Å². The number of methoxy groups -OCH3 is 1. The molecule has 0 aliphatic carbocycles. The maximum absolute atomic E-state index is 11.2. The van der Waals surface area contributed by atoms with Gasteiger partial charge in [0.25, 0.3) is 5.91 Å². The lowest BCUT2D eigenvalue weighted by Crippen LogP contribution is -2.35. The van der Waals surface area contributed by atoms with Crippen LogP contribution in [0.2, 0.25) is 0 Å². The minimum Gasteiger partial charge on any atom is -0.493 e. The molecule has 0 saturated carbocycles. The van der Waals surface area contributed by atoms with Gasteiger partial charge in [-0.15, -0.1) is 0 Å². The topological polar surface area (TPSA) is 73.6 Å². The van der Waals surface area contributed by atoms with Crippen molar-refractivity contribution in [2.24, 2.45) is 5.73 Å². The van der Waals surface area contributed by atoms with Gasteiger partial charge in [-0.2, -0.15) is 0 Å². The van der Waals surface area contributed by atoms with E-state index in [0.29, 0.717) is 18.0 Å². The van der Waals surface area contributed by atoms with Gasteiger partial charge < -0.3 is 20.5 Å². The van der Waals surface area contributed by atoms with E-state index in [1.165, 1.54) is 0 Å². The molecule has 0 saturated heterocycles. The summed E-state index contributed by atoms with van der Waals surface area (Å²) < 4.78 is 10.9. The number of carbonyl (C=O) groups is 1. The second-order valence-corrected chi connectivity index (χ2v) is 5.71. The van der Waals surface area contributed by atoms with E-state index in [4.69, 9.17) is 15.2 Å². The summed E-state index contributed by atoms with van der Waals surface area (Å²) in [5.74, 6) is 0.634. The van der Waals surface area contributed by atoms with E-state index in [-0.39, 0.29) is 5.54 Å². The number of hydrogen-bond donors (Lipinski definition) is 2. The van der Waals surface area contributed by atoms with Gasteiger partial charge in [0.05, 0.1) is 7.11 Å². The molecule has 0 bridgehead atoms. The van der Waals surface area contributed by atoms with Crippen LogP contribution in [0.5, 0.6) is 11.5 Å². The van der Waals surface area contributed by atoms with Gasteiger partial charge in [0, 0.05) is 17.6 Å². The van der Waals surface area contributed by atoms with E-state index >= 15 is 0 Å². The number of ether oxygens (including phenoxy) is 2. The quantitative estimate of drug-likeness (QED) is 0.834. The van der Waals surface area contributed by atoms with Crippen LogP contribution in [0, 0.1) is 0 Å². The highest BCUT2D eigenvalue weighted by atomic mass is 16.5. The van der Waals surface area contributed by atoms with E-state index in [1.54, 1.807) is 20.1 Å². The second-order valence-electron chi connectivity index (χ2n) is 5.71. The van der Waals surface area contributed by atoms with E-state index in [2.05, 4.69) is 26.1 Å². The molecule has 0 aliphatic rings. The number of hydrogen-bond acceptors (Lipinski definition) is 4. The lowest BCUT2D eigenvalue weighted by atomic mass is 10.1. The first-order valence-electron chi connectivity index (χ1n) is 6.61. The Morgan fingerprint density at radius 1 is 1.40 bits per heavy atom. The van der Waals surface area contributed by atoms with Crippen LogP contribution in [0.1, 0.15) is 33.3 Å². The van der Waals surface area contributed by atoms with Gasteiger partial charge in [-0.1, -0.05) is 12.1 Å². The molecule has 1 amide bonds. The third kappa shape index (κ3) is 4.74. The Morgan fingerprint density at radius 3 is 2.55 bits per heavy atom. The maximum Gasteiger partial charge on any atom is 0.258 e. The average molecular weight is 280 g/mol. The summed E-state index contributed by atoms with van der Waals surface area (Å²) >= 11 is 0. The second kappa shape index (κ2) is 6.61. The van der Waals surface area contributed by atoms with Crippen LogP contribution < -0.4 is 20.5 Å². The van der Waals surface area contributed by atoms with Crippen molar-refractivity contribution >= 4 is 5.91 Å². The van der Waals surface area contributed by atoms with E-state index in [0.717, 1.165) is 5.56 Å². The molecule has 0 spiro atoms. The first-order valence-corrected chi connectivity index (χ1v) is 6.61. The number of carbonyl (C=O) groups excluding carboxylic acids is 1. The van der Waals surface area contributed by atoms with Gasteiger partial charge in [-0.25, -0.2) is 0 Å². The van der Waals surface area contributed by atoms with Crippen molar-refractivity contribution in [3.05, 3.63) is 23.8 Å². The smallest absolute Gasteiger partial charge is 0.258 e. The summed E-state index contributed by atoms with van der Waals surface area (Å²) in [6.07, 6.45) is -0.709. The third-order valence-electron chi connectivity index (χ3n) is 2.78. The van der Waals surface area contributed by atoms with Crippen molar-refractivity contribution in [2.75, 3.05) is 7.11 Å². The fourth-order valence-corrected chi connectivity index (χ4v) is 1.59. The Kier molecular flexibility index (Phi) is 5.39.